The van der Waals surface area contributed by atoms with Crippen LogP contribution in [0, 0.1) is 5.82 Å². The van der Waals surface area contributed by atoms with E-state index in [2.05, 4.69) is 17.4 Å². The first-order chi connectivity index (χ1) is 12.9. The molecule has 0 saturated carbocycles. The maximum Gasteiger partial charge on any atom is 0.280 e. The molecule has 2 N–H and O–H groups in total. The Bertz CT molecular complexity index is 840. The number of carbonyl (C=O) groups excluding carboxylic acids is 2. The van der Waals surface area contributed by atoms with Crippen molar-refractivity contribution >= 4 is 17.5 Å². The highest BCUT2D eigenvalue weighted by atomic mass is 19.1. The number of hydrogen-bond acceptors (Lipinski definition) is 2. The number of nitrogens with one attached hydrogen (secondary N) is 2. The Hall–Kier alpha value is -2.73. The summed E-state index contributed by atoms with van der Waals surface area (Å²) in [6.07, 6.45) is 0.855. The van der Waals surface area contributed by atoms with Gasteiger partial charge in [-0.15, -0.1) is 0 Å². The highest BCUT2D eigenvalue weighted by Crippen LogP contribution is 2.18. The summed E-state index contributed by atoms with van der Waals surface area (Å²) in [6, 6.07) is 13.6. The number of hydrogen-bond donors (Lipinski definition) is 2. The molecule has 3 rings (SSSR count). The molecule has 27 heavy (non-hydrogen) atoms. The molecule has 1 aliphatic rings. The smallest absolute Gasteiger partial charge is 0.280 e. The maximum absolute atomic E-state index is 13.2. The molecule has 0 radical (unpaired) electrons. The lowest BCUT2D eigenvalue weighted by Gasteiger charge is -2.32. The maximum atomic E-state index is 13.2. The molecule has 6 heteroatoms. The largest absolute Gasteiger partial charge is 0.333 e. The van der Waals surface area contributed by atoms with Gasteiger partial charge in [0.05, 0.1) is 7.05 Å². The van der Waals surface area contributed by atoms with Crippen LogP contribution >= 0.6 is 0 Å². The Morgan fingerprint density at radius 2 is 1.93 bits per heavy atom. The lowest BCUT2D eigenvalue weighted by atomic mass is 9.99. The number of rotatable bonds is 5. The quantitative estimate of drug-likeness (QED) is 0.833. The number of carbonyl (C=O) groups is 2. The first kappa shape index (κ1) is 19.0. The zero-order valence-corrected chi connectivity index (χ0v) is 15.7. The van der Waals surface area contributed by atoms with Crippen molar-refractivity contribution in [2.45, 2.75) is 25.9 Å². The van der Waals surface area contributed by atoms with E-state index in [0.717, 1.165) is 11.3 Å². The second kappa shape index (κ2) is 8.31. The van der Waals surface area contributed by atoms with Gasteiger partial charge in [-0.25, -0.2) is 4.39 Å². The number of fused-ring (bicyclic) bond motifs is 1. The second-order valence-corrected chi connectivity index (χ2v) is 7.08. The number of likely N-dealkylation sites (N-methyl/N-ethyl adjacent to an activating group) is 1. The van der Waals surface area contributed by atoms with Crippen LogP contribution in [0.4, 0.5) is 10.1 Å². The van der Waals surface area contributed by atoms with Gasteiger partial charge in [-0.1, -0.05) is 30.3 Å². The molecule has 0 aliphatic carbocycles. The van der Waals surface area contributed by atoms with E-state index in [9.17, 15) is 14.0 Å². The minimum atomic E-state index is -0.401. The van der Waals surface area contributed by atoms with E-state index in [4.69, 9.17) is 0 Å². The van der Waals surface area contributed by atoms with Crippen molar-refractivity contribution in [3.63, 3.8) is 0 Å². The molecule has 2 aromatic rings. The first-order valence-corrected chi connectivity index (χ1v) is 9.17. The van der Waals surface area contributed by atoms with Crippen molar-refractivity contribution in [1.29, 1.82) is 0 Å². The fourth-order valence-corrected chi connectivity index (χ4v) is 3.35. The normalized spacial score (nSPS) is 15.6. The number of anilines is 1. The van der Waals surface area contributed by atoms with Crippen molar-refractivity contribution in [2.75, 3.05) is 25.5 Å². The molecular weight excluding hydrogens is 345 g/mol. The Morgan fingerprint density at radius 1 is 1.19 bits per heavy atom. The highest BCUT2D eigenvalue weighted by Gasteiger charge is 2.30. The van der Waals surface area contributed by atoms with Crippen LogP contribution in [0.2, 0.25) is 0 Å². The van der Waals surface area contributed by atoms with Crippen LogP contribution in [0.5, 0.6) is 0 Å². The molecule has 0 spiro atoms. The fraction of sp³-hybridized carbons (Fsp3) is 0.333. The van der Waals surface area contributed by atoms with Crippen LogP contribution in [0.1, 0.15) is 18.1 Å². The number of halogens is 1. The average molecular weight is 370 g/mol. The first-order valence-electron chi connectivity index (χ1n) is 9.17. The SMILES string of the molecule is C[C@@H](C(=O)N1CCc2ccccc2C1)[NH+](C)CC(=O)Nc1cccc(F)c1. The van der Waals surface area contributed by atoms with Crippen molar-refractivity contribution < 1.29 is 18.9 Å². The van der Waals surface area contributed by atoms with Crippen LogP contribution in [0.3, 0.4) is 0 Å². The summed E-state index contributed by atoms with van der Waals surface area (Å²) < 4.78 is 13.2. The Morgan fingerprint density at radius 3 is 2.67 bits per heavy atom. The van der Waals surface area contributed by atoms with Gasteiger partial charge in [0.15, 0.2) is 12.6 Å². The fourth-order valence-electron chi connectivity index (χ4n) is 3.35. The lowest BCUT2D eigenvalue weighted by molar-refractivity contribution is -0.886. The summed E-state index contributed by atoms with van der Waals surface area (Å²) in [5, 5.41) is 2.68. The van der Waals surface area contributed by atoms with Crippen molar-refractivity contribution in [3.8, 4) is 0 Å². The molecular formula is C21H25FN3O2+. The molecule has 2 atom stereocenters. The summed E-state index contributed by atoms with van der Waals surface area (Å²) in [4.78, 5) is 27.7. The number of quaternary nitrogens is 1. The third-order valence-corrected chi connectivity index (χ3v) is 5.10. The third kappa shape index (κ3) is 4.71. The van der Waals surface area contributed by atoms with Gasteiger partial charge < -0.3 is 15.1 Å². The zero-order valence-electron chi connectivity index (χ0n) is 15.7. The van der Waals surface area contributed by atoms with E-state index in [-0.39, 0.29) is 24.4 Å². The van der Waals surface area contributed by atoms with Crippen molar-refractivity contribution in [1.82, 2.24) is 4.90 Å². The predicted molar refractivity (Wildman–Crippen MR) is 102 cm³/mol. The van der Waals surface area contributed by atoms with E-state index in [1.165, 1.54) is 23.3 Å². The molecule has 0 saturated heterocycles. The molecule has 1 aliphatic heterocycles. The topological polar surface area (TPSA) is 53.9 Å². The summed E-state index contributed by atoms with van der Waals surface area (Å²) in [6.45, 7) is 3.28. The zero-order chi connectivity index (χ0) is 19.4. The predicted octanol–water partition coefficient (Wildman–Crippen LogP) is 1.25. The molecule has 5 nitrogen and oxygen atoms in total. The Kier molecular flexibility index (Phi) is 5.86. The number of benzene rings is 2. The van der Waals surface area contributed by atoms with Gasteiger partial charge in [-0.05, 0) is 42.7 Å². The minimum Gasteiger partial charge on any atom is -0.333 e. The van der Waals surface area contributed by atoms with E-state index in [1.54, 1.807) is 12.1 Å². The van der Waals surface area contributed by atoms with Crippen LogP contribution in [0.25, 0.3) is 0 Å². The van der Waals surface area contributed by atoms with E-state index >= 15 is 0 Å². The van der Waals surface area contributed by atoms with Gasteiger partial charge in [-0.2, -0.15) is 0 Å². The highest BCUT2D eigenvalue weighted by molar-refractivity contribution is 5.91. The van der Waals surface area contributed by atoms with Gasteiger partial charge in [0, 0.05) is 18.8 Å². The lowest BCUT2D eigenvalue weighted by Crippen LogP contribution is -3.15. The Labute approximate surface area is 158 Å². The molecule has 1 unspecified atom stereocenters. The van der Waals surface area contributed by atoms with Gasteiger partial charge in [0.2, 0.25) is 0 Å². The standard InChI is InChI=1S/C21H24FN3O2/c1-15(21(27)25-11-10-16-6-3-4-7-17(16)13-25)24(2)14-20(26)23-19-9-5-8-18(22)12-19/h3-9,12,15H,10-11,13-14H2,1-2H3,(H,23,26)/p+1/t15-/m0/s1. The minimum absolute atomic E-state index is 0.0422. The third-order valence-electron chi connectivity index (χ3n) is 5.10. The van der Waals surface area contributed by atoms with Gasteiger partial charge in [-0.3, -0.25) is 9.59 Å². The van der Waals surface area contributed by atoms with Crippen LogP contribution in [-0.2, 0) is 22.6 Å². The number of amides is 2. The molecule has 0 aromatic heterocycles. The van der Waals surface area contributed by atoms with E-state index in [1.807, 2.05) is 31.0 Å². The van der Waals surface area contributed by atoms with Crippen molar-refractivity contribution in [3.05, 3.63) is 65.5 Å². The molecule has 0 bridgehead atoms. The monoisotopic (exact) mass is 370 g/mol. The average Bonchev–Trinajstić information content (AvgIpc) is 2.66. The van der Waals surface area contributed by atoms with Gasteiger partial charge in [0.25, 0.3) is 11.8 Å². The van der Waals surface area contributed by atoms with E-state index < -0.39 is 5.82 Å². The summed E-state index contributed by atoms with van der Waals surface area (Å²) >= 11 is 0. The van der Waals surface area contributed by atoms with Gasteiger partial charge in [0.1, 0.15) is 5.82 Å². The molecule has 142 valence electrons. The summed E-state index contributed by atoms with van der Waals surface area (Å²) in [5.41, 5.74) is 2.90. The van der Waals surface area contributed by atoms with E-state index in [0.29, 0.717) is 18.8 Å². The molecule has 1 heterocycles. The molecule has 2 amide bonds. The summed E-state index contributed by atoms with van der Waals surface area (Å²) in [5.74, 6) is -0.607. The second-order valence-electron chi connectivity index (χ2n) is 7.08. The van der Waals surface area contributed by atoms with Crippen molar-refractivity contribution in [2.24, 2.45) is 0 Å². The summed E-state index contributed by atoms with van der Waals surface area (Å²) in [7, 11) is 1.83. The van der Waals surface area contributed by atoms with Crippen LogP contribution in [-0.4, -0.2) is 42.9 Å². The number of nitrogens with zero attached hydrogens (tertiary/aromatic N) is 1. The van der Waals surface area contributed by atoms with Gasteiger partial charge >= 0.3 is 0 Å². The molecule has 0 fully saturated rings. The molecule has 2 aromatic carbocycles. The van der Waals surface area contributed by atoms with Crippen LogP contribution < -0.4 is 10.2 Å². The van der Waals surface area contributed by atoms with Crippen LogP contribution in [0.15, 0.2) is 48.5 Å². The Balaban J connectivity index is 1.56.